The van der Waals surface area contributed by atoms with E-state index >= 15 is 0 Å². The molecule has 0 amide bonds. The normalized spacial score (nSPS) is 12.4. The fourth-order valence-corrected chi connectivity index (χ4v) is 14.5. The molecule has 0 fully saturated rings. The third kappa shape index (κ3) is 21.8. The van der Waals surface area contributed by atoms with Crippen LogP contribution in [0.2, 0.25) is 0 Å². The number of aliphatic hydroxyl groups excluding tert-OH is 4. The van der Waals surface area contributed by atoms with E-state index in [1.165, 1.54) is 0 Å². The van der Waals surface area contributed by atoms with Crippen molar-refractivity contribution < 1.29 is 53.5 Å². The highest BCUT2D eigenvalue weighted by atomic mass is 33.1. The molecule has 11 nitrogen and oxygen atoms in total. The molecule has 0 saturated carbocycles. The highest BCUT2D eigenvalue weighted by Crippen LogP contribution is 2.64. The molecule has 0 saturated heterocycles. The van der Waals surface area contributed by atoms with Crippen molar-refractivity contribution in [3.63, 3.8) is 0 Å². The van der Waals surface area contributed by atoms with E-state index in [-0.39, 0.29) is 41.9 Å². The summed E-state index contributed by atoms with van der Waals surface area (Å²) < 4.78 is 27.8. The van der Waals surface area contributed by atoms with Crippen LogP contribution < -0.4 is 0 Å². The molecule has 23 heteroatoms. The Morgan fingerprint density at radius 1 is 0.652 bits per heavy atom. The van der Waals surface area contributed by atoms with Crippen LogP contribution >= 0.6 is 136 Å². The predicted molar refractivity (Wildman–Crippen MR) is 217 cm³/mol. The fourth-order valence-electron chi connectivity index (χ4n) is 2.13. The minimum Gasteiger partial charge on any atom is -0.480 e. The summed E-state index contributed by atoms with van der Waals surface area (Å²) in [6, 6.07) is 0. The van der Waals surface area contributed by atoms with Gasteiger partial charge in [-0.25, -0.2) is 4.79 Å². The maximum Gasteiger partial charge on any atom is 0.329 e. The Balaban J connectivity index is 0. The molecule has 0 aliphatic heterocycles. The second kappa shape index (κ2) is 27.3. The van der Waals surface area contributed by atoms with Crippen molar-refractivity contribution >= 4 is 159 Å². The van der Waals surface area contributed by atoms with Crippen LogP contribution in [0.1, 0.15) is 55.4 Å². The maximum absolute atomic E-state index is 11.5. The third-order valence-electron chi connectivity index (χ3n) is 4.00. The largest absolute Gasteiger partial charge is 0.480 e. The van der Waals surface area contributed by atoms with Gasteiger partial charge in [-0.05, 0) is 158 Å². The second-order valence-electron chi connectivity index (χ2n) is 9.35. The van der Waals surface area contributed by atoms with Gasteiger partial charge in [-0.1, -0.05) is 10.8 Å². The summed E-state index contributed by atoms with van der Waals surface area (Å²) >= 11 is 22.2. The van der Waals surface area contributed by atoms with E-state index < -0.39 is 40.9 Å². The van der Waals surface area contributed by atoms with Crippen LogP contribution in [-0.2, 0) is 27.9 Å². The molecular formula is C23H40O11S12. The van der Waals surface area contributed by atoms with Gasteiger partial charge in [0.2, 0.25) is 21.8 Å². The summed E-state index contributed by atoms with van der Waals surface area (Å²) in [5, 5.41) is 48.2. The standard InChI is InChI=1S/C21H36O8S12.C2H4O3/c1-11(2)25-16(30)35-34-15(24)20(9-22,10-23)21(39-36-17(31)26-12(3)4,40-37-18(32)27-13(5)6)29-41-38-19(33)28-14(7)8;3-1-2(4)5/h11-15,22-24H,9-10H2,1-8H3;3H,1H2,(H,4,5). The first-order chi connectivity index (χ1) is 21.3. The van der Waals surface area contributed by atoms with Crippen molar-refractivity contribution in [3.8, 4) is 0 Å². The van der Waals surface area contributed by atoms with Crippen LogP contribution in [-0.4, -0.2) is 103 Å². The van der Waals surface area contributed by atoms with Crippen molar-refractivity contribution in [1.29, 1.82) is 0 Å². The topological polar surface area (TPSA) is 164 Å². The van der Waals surface area contributed by atoms with E-state index in [1.54, 1.807) is 0 Å². The van der Waals surface area contributed by atoms with Gasteiger partial charge in [-0.3, -0.25) is 4.18 Å². The SMILES string of the molecule is CC(C)OC(=S)SSOC(SSC(=S)OC(C)C)(SSC(=S)OC(C)C)C(CO)(CO)C(O)SSC(=S)OC(C)C.O=C(O)CO. The summed E-state index contributed by atoms with van der Waals surface area (Å²) in [5.74, 6) is -1.19. The zero-order chi connectivity index (χ0) is 36.1. The van der Waals surface area contributed by atoms with Crippen molar-refractivity contribution in [2.24, 2.45) is 5.41 Å². The molecular weight excluding hydrogens is 837 g/mol. The summed E-state index contributed by atoms with van der Waals surface area (Å²) in [4.78, 5) is 9.12. The quantitative estimate of drug-likeness (QED) is 0.0403. The summed E-state index contributed by atoms with van der Waals surface area (Å²) in [5.41, 5.74) is -3.16. The Bertz CT molecular complexity index is 911. The Morgan fingerprint density at radius 2 is 0.978 bits per heavy atom. The monoisotopic (exact) mass is 876 g/mol. The minimum atomic E-state index is -1.73. The Hall–Kier alpha value is 1.63. The molecule has 0 aliphatic carbocycles. The van der Waals surface area contributed by atoms with E-state index in [0.717, 1.165) is 86.6 Å². The first kappa shape index (κ1) is 49.7. The van der Waals surface area contributed by atoms with Crippen LogP contribution in [0.5, 0.6) is 0 Å². The molecule has 0 spiro atoms. The van der Waals surface area contributed by atoms with Gasteiger partial charge < -0.3 is 44.5 Å². The van der Waals surface area contributed by atoms with Crippen molar-refractivity contribution in [2.45, 2.75) is 89.5 Å². The van der Waals surface area contributed by atoms with Gasteiger partial charge in [0.1, 0.15) is 17.5 Å². The van der Waals surface area contributed by atoms with Gasteiger partial charge in [0.25, 0.3) is 0 Å². The molecule has 5 N–H and O–H groups in total. The minimum absolute atomic E-state index is 0.146. The van der Waals surface area contributed by atoms with Gasteiger partial charge in [0.05, 0.1) is 48.7 Å². The van der Waals surface area contributed by atoms with E-state index in [4.69, 9.17) is 87.0 Å². The summed E-state index contributed by atoms with van der Waals surface area (Å²) in [7, 11) is 7.13. The van der Waals surface area contributed by atoms with Gasteiger partial charge in [0.15, 0.2) is 0 Å². The smallest absolute Gasteiger partial charge is 0.329 e. The number of thiocarbonyl (C=S) groups is 4. The number of aliphatic hydroxyl groups is 4. The number of aliphatic carboxylic acids is 1. The van der Waals surface area contributed by atoms with Gasteiger partial charge in [-0.2, -0.15) is 0 Å². The Labute approximate surface area is 324 Å². The number of carboxylic acid groups (broad SMARTS) is 1. The van der Waals surface area contributed by atoms with Crippen molar-refractivity contribution in [2.75, 3.05) is 19.8 Å². The van der Waals surface area contributed by atoms with Crippen molar-refractivity contribution in [3.05, 3.63) is 0 Å². The number of ether oxygens (including phenoxy) is 4. The predicted octanol–water partition coefficient (Wildman–Crippen LogP) is 7.29. The van der Waals surface area contributed by atoms with Crippen LogP contribution in [0.3, 0.4) is 0 Å². The molecule has 270 valence electrons. The third-order valence-corrected chi connectivity index (χ3v) is 16.6. The average molecular weight is 877 g/mol. The van der Waals surface area contributed by atoms with E-state index in [9.17, 15) is 15.3 Å². The summed E-state index contributed by atoms with van der Waals surface area (Å²) in [6.45, 7) is 12.5. The zero-order valence-corrected chi connectivity index (χ0v) is 35.9. The lowest BCUT2D eigenvalue weighted by Gasteiger charge is -2.47. The van der Waals surface area contributed by atoms with Crippen LogP contribution in [0, 0.1) is 5.41 Å². The first-order valence-electron chi connectivity index (χ1n) is 12.9. The molecule has 1 atom stereocenters. The number of hydrogen-bond acceptors (Lipinski definition) is 22. The molecule has 46 heavy (non-hydrogen) atoms. The van der Waals surface area contributed by atoms with Gasteiger partial charge >= 0.3 is 5.97 Å². The molecule has 0 radical (unpaired) electrons. The molecule has 0 bridgehead atoms. The van der Waals surface area contributed by atoms with Crippen LogP contribution in [0.25, 0.3) is 0 Å². The van der Waals surface area contributed by atoms with Crippen LogP contribution in [0.15, 0.2) is 0 Å². The number of rotatable bonds is 18. The molecule has 1 unspecified atom stereocenters. The Morgan fingerprint density at radius 3 is 1.28 bits per heavy atom. The van der Waals surface area contributed by atoms with Gasteiger partial charge in [-0.15, -0.1) is 0 Å². The molecule has 0 rings (SSSR count). The van der Waals surface area contributed by atoms with Gasteiger partial charge in [0, 0.05) is 10.8 Å². The highest BCUT2D eigenvalue weighted by Gasteiger charge is 2.60. The summed E-state index contributed by atoms with van der Waals surface area (Å²) in [6.07, 6.45) is -0.679. The average Bonchev–Trinajstić information content (AvgIpc) is 2.93. The second-order valence-corrected chi connectivity index (χ2v) is 20.7. The number of carboxylic acids is 1. The molecule has 0 aliphatic rings. The lowest BCUT2D eigenvalue weighted by Crippen LogP contribution is -2.55. The zero-order valence-electron chi connectivity index (χ0n) is 26.1. The van der Waals surface area contributed by atoms with Crippen molar-refractivity contribution in [1.82, 2.24) is 0 Å². The molecule has 0 heterocycles. The first-order valence-corrected chi connectivity index (χ1v) is 23.1. The molecule has 0 aromatic heterocycles. The highest BCUT2D eigenvalue weighted by molar-refractivity contribution is 8.92. The number of carbonyl (C=O) groups is 1. The van der Waals surface area contributed by atoms with E-state index in [2.05, 4.69) is 0 Å². The maximum atomic E-state index is 11.5. The lowest BCUT2D eigenvalue weighted by atomic mass is 9.91. The lowest BCUT2D eigenvalue weighted by molar-refractivity contribution is -0.140. The van der Waals surface area contributed by atoms with E-state index in [1.807, 2.05) is 55.4 Å². The fraction of sp³-hybridized carbons (Fsp3) is 0.783. The Kier molecular flexibility index (Phi) is 29.5. The number of hydrogen-bond donors (Lipinski definition) is 5. The molecule has 0 aromatic rings. The van der Waals surface area contributed by atoms with Crippen LogP contribution in [0.4, 0.5) is 0 Å². The van der Waals surface area contributed by atoms with E-state index in [0.29, 0.717) is 0 Å². The molecule has 0 aromatic carbocycles.